The molecule has 0 fully saturated rings. The number of hydrogen-bond donors (Lipinski definition) is 1. The predicted octanol–water partition coefficient (Wildman–Crippen LogP) is 6.89. The lowest BCUT2D eigenvalue weighted by Gasteiger charge is -2.21. The zero-order valence-electron chi connectivity index (χ0n) is 16.9. The van der Waals surface area contributed by atoms with Crippen LogP contribution < -0.4 is 4.90 Å². The van der Waals surface area contributed by atoms with Crippen molar-refractivity contribution in [2.75, 3.05) is 4.90 Å². The van der Waals surface area contributed by atoms with Crippen molar-refractivity contribution in [2.24, 2.45) is 0 Å². The molecule has 0 saturated carbocycles. The Hall–Kier alpha value is -3.83. The van der Waals surface area contributed by atoms with Crippen LogP contribution in [-0.4, -0.2) is 11.0 Å². The van der Waals surface area contributed by atoms with Crippen LogP contribution in [0.1, 0.15) is 11.3 Å². The Morgan fingerprint density at radius 2 is 1.53 bits per heavy atom. The third-order valence-electron chi connectivity index (χ3n) is 5.23. The predicted molar refractivity (Wildman–Crippen MR) is 130 cm³/mol. The summed E-state index contributed by atoms with van der Waals surface area (Å²) in [5, 5.41) is 10.4. The normalized spacial score (nSPS) is 14.8. The Kier molecular flexibility index (Phi) is 5.25. The van der Waals surface area contributed by atoms with E-state index in [1.54, 1.807) is 30.3 Å². The zero-order valence-corrected chi connectivity index (χ0v) is 18.5. The van der Waals surface area contributed by atoms with Gasteiger partial charge in [0.05, 0.1) is 11.4 Å². The molecule has 4 aromatic rings. The van der Waals surface area contributed by atoms with E-state index in [2.05, 4.69) is 15.9 Å². The monoisotopic (exact) mass is 483 g/mol. The molecular formula is C27H18BrNO3. The molecule has 1 aliphatic rings. The van der Waals surface area contributed by atoms with Gasteiger partial charge in [-0.05, 0) is 54.1 Å². The number of nitrogens with zero attached hydrogens (tertiary/aromatic N) is 1. The van der Waals surface area contributed by atoms with Crippen molar-refractivity contribution >= 4 is 39.3 Å². The lowest BCUT2D eigenvalue weighted by Crippen LogP contribution is -2.25. The van der Waals surface area contributed by atoms with Crippen LogP contribution in [0, 0.1) is 0 Å². The van der Waals surface area contributed by atoms with Crippen molar-refractivity contribution < 1.29 is 14.3 Å². The summed E-state index contributed by atoms with van der Waals surface area (Å²) in [6.45, 7) is 0. The van der Waals surface area contributed by atoms with Crippen molar-refractivity contribution in [3.8, 4) is 17.1 Å². The number of aromatic hydroxyl groups is 1. The smallest absolute Gasteiger partial charge is 0.263 e. The number of para-hydroxylation sites is 2. The summed E-state index contributed by atoms with van der Waals surface area (Å²) < 4.78 is 6.98. The van der Waals surface area contributed by atoms with Crippen LogP contribution in [-0.2, 0) is 4.79 Å². The summed E-state index contributed by atoms with van der Waals surface area (Å²) in [7, 11) is 0. The first-order valence-corrected chi connectivity index (χ1v) is 10.9. The van der Waals surface area contributed by atoms with E-state index in [4.69, 9.17) is 4.42 Å². The van der Waals surface area contributed by atoms with E-state index in [1.165, 1.54) is 4.90 Å². The van der Waals surface area contributed by atoms with Crippen LogP contribution in [0.5, 0.6) is 5.75 Å². The number of hydrogen-bond acceptors (Lipinski definition) is 3. The first-order chi connectivity index (χ1) is 15.6. The minimum absolute atomic E-state index is 0.0412. The fourth-order valence-corrected chi connectivity index (χ4v) is 3.95. The third kappa shape index (κ3) is 3.79. The van der Waals surface area contributed by atoms with Gasteiger partial charge in [0.15, 0.2) is 0 Å². The van der Waals surface area contributed by atoms with E-state index in [0.717, 1.165) is 21.4 Å². The number of halogens is 1. The van der Waals surface area contributed by atoms with Gasteiger partial charge in [0.25, 0.3) is 5.91 Å². The summed E-state index contributed by atoms with van der Waals surface area (Å²) >= 11 is 3.44. The number of furan rings is 1. The van der Waals surface area contributed by atoms with Crippen molar-refractivity contribution in [3.63, 3.8) is 0 Å². The summed E-state index contributed by atoms with van der Waals surface area (Å²) in [6, 6.07) is 28.0. The zero-order chi connectivity index (χ0) is 22.1. The number of carbonyl (C=O) groups excluding carboxylic acids is 1. The first-order valence-electron chi connectivity index (χ1n) is 10.1. The maximum absolute atomic E-state index is 13.4. The van der Waals surface area contributed by atoms with Gasteiger partial charge in [0.1, 0.15) is 17.3 Å². The van der Waals surface area contributed by atoms with Crippen LogP contribution in [0.3, 0.4) is 0 Å². The topological polar surface area (TPSA) is 53.7 Å². The van der Waals surface area contributed by atoms with Crippen LogP contribution in [0.25, 0.3) is 23.1 Å². The number of phenols is 1. The largest absolute Gasteiger partial charge is 0.506 e. The van der Waals surface area contributed by atoms with Gasteiger partial charge in [-0.25, -0.2) is 0 Å². The molecule has 0 atom stereocenters. The molecule has 0 unspecified atom stereocenters. The SMILES string of the molecule is O=C1C(=Cc2ccc(-c3ccc(Br)cc3)o2)C=C(c2ccccc2)N1c1ccccc1O. The molecule has 4 nitrogen and oxygen atoms in total. The summed E-state index contributed by atoms with van der Waals surface area (Å²) in [5.41, 5.74) is 3.44. The fourth-order valence-electron chi connectivity index (χ4n) is 3.68. The molecule has 2 heterocycles. The summed E-state index contributed by atoms with van der Waals surface area (Å²) in [4.78, 5) is 14.9. The van der Waals surface area contributed by atoms with Crippen molar-refractivity contribution in [1.29, 1.82) is 0 Å². The molecule has 1 amide bonds. The van der Waals surface area contributed by atoms with E-state index < -0.39 is 0 Å². The van der Waals surface area contributed by atoms with E-state index in [1.807, 2.05) is 72.8 Å². The van der Waals surface area contributed by atoms with Gasteiger partial charge in [0, 0.05) is 15.6 Å². The molecular weight excluding hydrogens is 466 g/mol. The average molecular weight is 484 g/mol. The molecule has 0 bridgehead atoms. The molecule has 156 valence electrons. The van der Waals surface area contributed by atoms with Crippen molar-refractivity contribution in [1.82, 2.24) is 0 Å². The molecule has 1 aromatic heterocycles. The van der Waals surface area contributed by atoms with Crippen LogP contribution in [0.15, 0.2) is 112 Å². The van der Waals surface area contributed by atoms with E-state index in [0.29, 0.717) is 22.7 Å². The minimum atomic E-state index is -0.230. The minimum Gasteiger partial charge on any atom is -0.506 e. The Labute approximate surface area is 193 Å². The molecule has 32 heavy (non-hydrogen) atoms. The van der Waals surface area contributed by atoms with Gasteiger partial charge < -0.3 is 9.52 Å². The summed E-state index contributed by atoms with van der Waals surface area (Å²) in [5.74, 6) is 1.11. The number of amides is 1. The number of carbonyl (C=O) groups is 1. The molecule has 5 heteroatoms. The second-order valence-corrected chi connectivity index (χ2v) is 8.25. The highest BCUT2D eigenvalue weighted by molar-refractivity contribution is 9.10. The summed E-state index contributed by atoms with van der Waals surface area (Å²) in [6.07, 6.45) is 3.56. The molecule has 0 radical (unpaired) electrons. The third-order valence-corrected chi connectivity index (χ3v) is 5.76. The highest BCUT2D eigenvalue weighted by Gasteiger charge is 2.32. The van der Waals surface area contributed by atoms with Crippen LogP contribution in [0.4, 0.5) is 5.69 Å². The average Bonchev–Trinajstić information content (AvgIpc) is 3.41. The Balaban J connectivity index is 1.55. The van der Waals surface area contributed by atoms with Crippen LogP contribution in [0.2, 0.25) is 0 Å². The van der Waals surface area contributed by atoms with Gasteiger partial charge in [-0.3, -0.25) is 9.69 Å². The van der Waals surface area contributed by atoms with E-state index in [9.17, 15) is 9.90 Å². The number of phenolic OH excluding ortho intramolecular Hbond substituents is 1. The van der Waals surface area contributed by atoms with Gasteiger partial charge in [-0.1, -0.05) is 70.5 Å². The van der Waals surface area contributed by atoms with Crippen LogP contribution >= 0.6 is 15.9 Å². The second kappa shape index (κ2) is 8.36. The molecule has 0 spiro atoms. The Morgan fingerprint density at radius 3 is 2.28 bits per heavy atom. The maximum Gasteiger partial charge on any atom is 0.263 e. The number of benzene rings is 3. The van der Waals surface area contributed by atoms with E-state index >= 15 is 0 Å². The number of rotatable bonds is 4. The molecule has 1 aliphatic heterocycles. The van der Waals surface area contributed by atoms with Gasteiger partial charge >= 0.3 is 0 Å². The van der Waals surface area contributed by atoms with Gasteiger partial charge in [-0.2, -0.15) is 0 Å². The van der Waals surface area contributed by atoms with Crippen molar-refractivity contribution in [2.45, 2.75) is 0 Å². The molecule has 0 saturated heterocycles. The highest BCUT2D eigenvalue weighted by Crippen LogP contribution is 2.39. The van der Waals surface area contributed by atoms with Crippen molar-refractivity contribution in [3.05, 3.63) is 118 Å². The Bertz CT molecular complexity index is 1350. The van der Waals surface area contributed by atoms with Gasteiger partial charge in [-0.15, -0.1) is 0 Å². The fraction of sp³-hybridized carbons (Fsp3) is 0. The maximum atomic E-state index is 13.4. The Morgan fingerprint density at radius 1 is 0.812 bits per heavy atom. The number of anilines is 1. The van der Waals surface area contributed by atoms with E-state index in [-0.39, 0.29) is 11.7 Å². The lowest BCUT2D eigenvalue weighted by molar-refractivity contribution is -0.113. The lowest BCUT2D eigenvalue weighted by atomic mass is 10.1. The second-order valence-electron chi connectivity index (χ2n) is 7.33. The molecule has 5 rings (SSSR count). The highest BCUT2D eigenvalue weighted by atomic mass is 79.9. The molecule has 3 aromatic carbocycles. The quantitative estimate of drug-likeness (QED) is 0.321. The first kappa shape index (κ1) is 20.1. The molecule has 0 aliphatic carbocycles. The molecule has 1 N–H and O–H groups in total. The van der Waals surface area contributed by atoms with Gasteiger partial charge in [0.2, 0.25) is 0 Å². The standard InChI is InChI=1S/C27H18BrNO3/c28-21-12-10-19(11-13-21)26-15-14-22(32-26)16-20-17-24(18-6-2-1-3-7-18)29(27(20)31)23-8-4-5-9-25(23)30/h1-17,30H.